The van der Waals surface area contributed by atoms with Gasteiger partial charge in [0.05, 0.1) is 18.4 Å². The van der Waals surface area contributed by atoms with E-state index in [1.807, 2.05) is 0 Å². The molecule has 0 radical (unpaired) electrons. The summed E-state index contributed by atoms with van der Waals surface area (Å²) in [6.45, 7) is 4.38. The number of nitrogens with zero attached hydrogens (tertiary/aromatic N) is 4. The zero-order chi connectivity index (χ0) is 12.7. The maximum absolute atomic E-state index is 6.06. The minimum Gasteiger partial charge on any atom is -0.370 e. The van der Waals surface area contributed by atoms with Crippen molar-refractivity contribution in [3.8, 4) is 0 Å². The Bertz CT molecular complexity index is 567. The molecule has 18 heavy (non-hydrogen) atoms. The van der Waals surface area contributed by atoms with Gasteiger partial charge < -0.3 is 10.5 Å². The first-order valence-electron chi connectivity index (χ1n) is 6.30. The molecule has 3 atom stereocenters. The van der Waals surface area contributed by atoms with Gasteiger partial charge in [-0.15, -0.1) is 0 Å². The molecule has 2 aromatic rings. The molecule has 0 bridgehead atoms. The smallest absolute Gasteiger partial charge is 0.224 e. The van der Waals surface area contributed by atoms with Crippen molar-refractivity contribution in [2.24, 2.45) is 5.92 Å². The Morgan fingerprint density at radius 1 is 1.50 bits per heavy atom. The van der Waals surface area contributed by atoms with Crippen LogP contribution in [0.25, 0.3) is 5.65 Å². The van der Waals surface area contributed by atoms with Gasteiger partial charge in [0.25, 0.3) is 0 Å². The number of nitrogen functional groups attached to an aromatic ring is 1. The topological polar surface area (TPSA) is 78.3 Å². The number of ether oxygens (including phenoxy) is 1. The van der Waals surface area contributed by atoms with Crippen molar-refractivity contribution in [3.05, 3.63) is 18.1 Å². The highest BCUT2D eigenvalue weighted by Crippen LogP contribution is 2.39. The van der Waals surface area contributed by atoms with Crippen LogP contribution in [0.2, 0.25) is 0 Å². The SMILES string of the molecule is CC[C@H]1O[C@@H](c2cnn3c(N)ncnc23)C[C@@H]1C. The molecular weight excluding hydrogens is 230 g/mol. The predicted molar refractivity (Wildman–Crippen MR) is 66.9 cm³/mol. The molecule has 1 aliphatic heterocycles. The highest BCUT2D eigenvalue weighted by atomic mass is 16.5. The summed E-state index contributed by atoms with van der Waals surface area (Å²) in [5, 5.41) is 4.23. The molecule has 0 saturated carbocycles. The second-order valence-corrected chi connectivity index (χ2v) is 4.85. The van der Waals surface area contributed by atoms with Crippen molar-refractivity contribution in [3.63, 3.8) is 0 Å². The standard InChI is InChI=1S/C12H17N5O/c1-3-9-7(2)4-10(18-9)8-5-16-17-11(8)14-6-15-12(17)13/h5-7,9-10H,3-4H2,1-2H3,(H2,13,14,15)/t7-,9+,10+/m0/s1. The van der Waals surface area contributed by atoms with Crippen LogP contribution in [0.5, 0.6) is 0 Å². The molecule has 3 rings (SSSR count). The van der Waals surface area contributed by atoms with Gasteiger partial charge in [0, 0.05) is 5.56 Å². The summed E-state index contributed by atoms with van der Waals surface area (Å²) in [4.78, 5) is 8.17. The lowest BCUT2D eigenvalue weighted by molar-refractivity contribution is 0.0342. The van der Waals surface area contributed by atoms with E-state index in [2.05, 4.69) is 28.9 Å². The van der Waals surface area contributed by atoms with Gasteiger partial charge in [0.1, 0.15) is 6.33 Å². The van der Waals surface area contributed by atoms with Crippen molar-refractivity contribution in [1.29, 1.82) is 0 Å². The number of nitrogens with two attached hydrogens (primary N) is 1. The number of aromatic nitrogens is 4. The molecule has 2 N–H and O–H groups in total. The van der Waals surface area contributed by atoms with E-state index in [0.29, 0.717) is 18.0 Å². The Kier molecular flexibility index (Phi) is 2.66. The van der Waals surface area contributed by atoms with E-state index < -0.39 is 0 Å². The Balaban J connectivity index is 1.99. The Morgan fingerprint density at radius 2 is 2.33 bits per heavy atom. The molecular formula is C12H17N5O. The monoisotopic (exact) mass is 247 g/mol. The maximum Gasteiger partial charge on any atom is 0.224 e. The zero-order valence-corrected chi connectivity index (χ0v) is 10.6. The van der Waals surface area contributed by atoms with Crippen LogP contribution in [0, 0.1) is 5.92 Å². The third-order valence-electron chi connectivity index (χ3n) is 3.67. The number of hydrogen-bond acceptors (Lipinski definition) is 5. The lowest BCUT2D eigenvalue weighted by atomic mass is 9.98. The summed E-state index contributed by atoms with van der Waals surface area (Å²) in [5.41, 5.74) is 7.51. The lowest BCUT2D eigenvalue weighted by Crippen LogP contribution is -2.11. The third kappa shape index (κ3) is 1.64. The molecule has 0 amide bonds. The van der Waals surface area contributed by atoms with Crippen LogP contribution < -0.4 is 5.73 Å². The van der Waals surface area contributed by atoms with Gasteiger partial charge in [-0.2, -0.15) is 9.61 Å². The van der Waals surface area contributed by atoms with Crippen molar-refractivity contribution in [1.82, 2.24) is 19.6 Å². The quantitative estimate of drug-likeness (QED) is 0.871. The number of fused-ring (bicyclic) bond motifs is 1. The van der Waals surface area contributed by atoms with E-state index in [1.54, 1.807) is 10.7 Å². The van der Waals surface area contributed by atoms with Crippen molar-refractivity contribution in [2.45, 2.75) is 38.9 Å². The van der Waals surface area contributed by atoms with Gasteiger partial charge in [-0.3, -0.25) is 0 Å². The first kappa shape index (κ1) is 11.4. The average Bonchev–Trinajstić information content (AvgIpc) is 2.93. The van der Waals surface area contributed by atoms with E-state index in [0.717, 1.165) is 24.1 Å². The highest BCUT2D eigenvalue weighted by molar-refractivity contribution is 5.50. The molecule has 6 heteroatoms. The van der Waals surface area contributed by atoms with Gasteiger partial charge in [-0.25, -0.2) is 9.97 Å². The molecule has 0 unspecified atom stereocenters. The number of hydrogen-bond donors (Lipinski definition) is 1. The van der Waals surface area contributed by atoms with E-state index in [-0.39, 0.29) is 6.10 Å². The van der Waals surface area contributed by atoms with E-state index in [4.69, 9.17) is 10.5 Å². The average molecular weight is 247 g/mol. The summed E-state index contributed by atoms with van der Waals surface area (Å²) in [7, 11) is 0. The second-order valence-electron chi connectivity index (χ2n) is 4.85. The van der Waals surface area contributed by atoms with Gasteiger partial charge in [-0.05, 0) is 18.8 Å². The van der Waals surface area contributed by atoms with Crippen LogP contribution in [0.3, 0.4) is 0 Å². The summed E-state index contributed by atoms with van der Waals surface area (Å²) < 4.78 is 7.62. The van der Waals surface area contributed by atoms with Crippen LogP contribution in [-0.4, -0.2) is 25.7 Å². The van der Waals surface area contributed by atoms with E-state index in [9.17, 15) is 0 Å². The third-order valence-corrected chi connectivity index (χ3v) is 3.67. The Morgan fingerprint density at radius 3 is 3.06 bits per heavy atom. The summed E-state index contributed by atoms with van der Waals surface area (Å²) in [6, 6.07) is 0. The van der Waals surface area contributed by atoms with Gasteiger partial charge in [0.2, 0.25) is 5.95 Å². The molecule has 1 saturated heterocycles. The fourth-order valence-electron chi connectivity index (χ4n) is 2.67. The largest absolute Gasteiger partial charge is 0.370 e. The Labute approximate surface area is 105 Å². The van der Waals surface area contributed by atoms with Gasteiger partial charge in [-0.1, -0.05) is 13.8 Å². The molecule has 6 nitrogen and oxygen atoms in total. The van der Waals surface area contributed by atoms with Gasteiger partial charge in [0.15, 0.2) is 5.65 Å². The van der Waals surface area contributed by atoms with Crippen LogP contribution in [0.4, 0.5) is 5.95 Å². The van der Waals surface area contributed by atoms with E-state index in [1.165, 1.54) is 6.33 Å². The minimum absolute atomic E-state index is 0.0664. The fourth-order valence-corrected chi connectivity index (χ4v) is 2.67. The Hall–Kier alpha value is -1.69. The molecule has 0 aromatic carbocycles. The lowest BCUT2D eigenvalue weighted by Gasteiger charge is -2.12. The predicted octanol–water partition coefficient (Wildman–Crippen LogP) is 1.58. The molecule has 96 valence electrons. The molecule has 0 aliphatic carbocycles. The molecule has 3 heterocycles. The number of anilines is 1. The summed E-state index contributed by atoms with van der Waals surface area (Å²) >= 11 is 0. The molecule has 0 spiro atoms. The number of rotatable bonds is 2. The van der Waals surface area contributed by atoms with Crippen LogP contribution in [0.1, 0.15) is 38.4 Å². The fraction of sp³-hybridized carbons (Fsp3) is 0.583. The maximum atomic E-state index is 6.06. The first-order chi connectivity index (χ1) is 8.70. The highest BCUT2D eigenvalue weighted by Gasteiger charge is 2.33. The van der Waals surface area contributed by atoms with Crippen molar-refractivity contribution in [2.75, 3.05) is 5.73 Å². The minimum atomic E-state index is 0.0664. The second kappa shape index (κ2) is 4.20. The van der Waals surface area contributed by atoms with Gasteiger partial charge >= 0.3 is 0 Å². The normalized spacial score (nSPS) is 28.0. The zero-order valence-electron chi connectivity index (χ0n) is 10.6. The summed E-state index contributed by atoms with van der Waals surface area (Å²) in [6.07, 6.45) is 5.68. The molecule has 1 aliphatic rings. The molecule has 1 fully saturated rings. The molecule has 2 aromatic heterocycles. The summed E-state index contributed by atoms with van der Waals surface area (Å²) in [5.74, 6) is 0.915. The van der Waals surface area contributed by atoms with E-state index >= 15 is 0 Å². The first-order valence-corrected chi connectivity index (χ1v) is 6.30. The van der Waals surface area contributed by atoms with Crippen molar-refractivity contribution >= 4 is 11.6 Å². The van der Waals surface area contributed by atoms with Crippen molar-refractivity contribution < 1.29 is 4.74 Å². The van der Waals surface area contributed by atoms with Crippen LogP contribution in [0.15, 0.2) is 12.5 Å². The van der Waals surface area contributed by atoms with Crippen LogP contribution >= 0.6 is 0 Å². The van der Waals surface area contributed by atoms with Crippen LogP contribution in [-0.2, 0) is 4.74 Å².